The lowest BCUT2D eigenvalue weighted by Gasteiger charge is -2.12. The molecule has 1 rings (SSSR count). The molecule has 9 nitrogen and oxygen atoms in total. The van der Waals surface area contributed by atoms with Gasteiger partial charge in [0.15, 0.2) is 6.10 Å². The molecule has 10 heteroatoms. The van der Waals surface area contributed by atoms with Gasteiger partial charge in [-0.1, -0.05) is 0 Å². The molecular formula is C9H17N3O6S. The first-order valence-corrected chi connectivity index (χ1v) is 7.40. The summed E-state index contributed by atoms with van der Waals surface area (Å²) in [6, 6.07) is -0.550. The highest BCUT2D eigenvalue weighted by Gasteiger charge is 2.30. The summed E-state index contributed by atoms with van der Waals surface area (Å²) in [4.78, 5) is 21.9. The lowest BCUT2D eigenvalue weighted by molar-refractivity contribution is -0.149. The number of carboxylic acid groups (broad SMARTS) is 1. The van der Waals surface area contributed by atoms with Crippen molar-refractivity contribution in [2.75, 3.05) is 18.8 Å². The van der Waals surface area contributed by atoms with E-state index < -0.39 is 28.1 Å². The Balaban J connectivity index is 2.16. The second-order valence-electron chi connectivity index (χ2n) is 4.17. The van der Waals surface area contributed by atoms with Crippen LogP contribution >= 0.6 is 0 Å². The highest BCUT2D eigenvalue weighted by atomic mass is 32.2. The molecule has 2 amide bonds. The van der Waals surface area contributed by atoms with Crippen LogP contribution in [0.15, 0.2) is 0 Å². The minimum Gasteiger partial charge on any atom is -0.479 e. The number of primary sulfonamides is 1. The molecule has 0 aliphatic carbocycles. The van der Waals surface area contributed by atoms with Crippen LogP contribution in [0, 0.1) is 0 Å². The molecule has 0 radical (unpaired) electrons. The van der Waals surface area contributed by atoms with Crippen molar-refractivity contribution in [3.63, 3.8) is 0 Å². The van der Waals surface area contributed by atoms with Gasteiger partial charge in [0.05, 0.1) is 11.9 Å². The molecule has 0 spiro atoms. The van der Waals surface area contributed by atoms with E-state index in [0.29, 0.717) is 12.8 Å². The maximum atomic E-state index is 11.3. The Morgan fingerprint density at radius 2 is 2.00 bits per heavy atom. The Hall–Kier alpha value is -1.39. The summed E-state index contributed by atoms with van der Waals surface area (Å²) >= 11 is 0. The number of hydrogen-bond acceptors (Lipinski definition) is 5. The van der Waals surface area contributed by atoms with Crippen LogP contribution in [0.3, 0.4) is 0 Å². The van der Waals surface area contributed by atoms with Crippen molar-refractivity contribution in [1.82, 2.24) is 10.6 Å². The summed E-state index contributed by atoms with van der Waals surface area (Å²) in [5.41, 5.74) is 0. The third-order valence-electron chi connectivity index (χ3n) is 2.55. The van der Waals surface area contributed by atoms with Crippen LogP contribution in [0.4, 0.5) is 4.79 Å². The van der Waals surface area contributed by atoms with Crippen LogP contribution < -0.4 is 15.8 Å². The normalized spacial score (nSPS) is 23.0. The van der Waals surface area contributed by atoms with Crippen molar-refractivity contribution >= 4 is 22.0 Å². The molecule has 1 saturated heterocycles. The summed E-state index contributed by atoms with van der Waals surface area (Å²) in [5, 5.41) is 18.3. The topological polar surface area (TPSA) is 148 Å². The first kappa shape index (κ1) is 15.7. The van der Waals surface area contributed by atoms with E-state index in [4.69, 9.17) is 15.0 Å². The number of ether oxygens (including phenoxy) is 1. The number of hydrogen-bond donors (Lipinski definition) is 4. The Labute approximate surface area is 110 Å². The maximum absolute atomic E-state index is 11.3. The van der Waals surface area contributed by atoms with E-state index in [9.17, 15) is 18.0 Å². The fourth-order valence-electron chi connectivity index (χ4n) is 1.61. The molecule has 0 saturated carbocycles. The van der Waals surface area contributed by atoms with Crippen molar-refractivity contribution in [2.24, 2.45) is 5.14 Å². The van der Waals surface area contributed by atoms with Crippen molar-refractivity contribution < 1.29 is 27.9 Å². The lowest BCUT2D eigenvalue weighted by atomic mass is 10.2. The Morgan fingerprint density at radius 3 is 2.53 bits per heavy atom. The second-order valence-corrected chi connectivity index (χ2v) is 5.90. The van der Waals surface area contributed by atoms with Gasteiger partial charge in [0.25, 0.3) is 0 Å². The fourth-order valence-corrected chi connectivity index (χ4v) is 2.00. The predicted molar refractivity (Wildman–Crippen MR) is 64.9 cm³/mol. The van der Waals surface area contributed by atoms with E-state index in [1.165, 1.54) is 0 Å². The molecule has 0 bridgehead atoms. The molecule has 0 aromatic rings. The number of urea groups is 1. The minimum absolute atomic E-state index is 0.0893. The number of sulfonamides is 1. The van der Waals surface area contributed by atoms with Crippen LogP contribution in [0.1, 0.15) is 12.8 Å². The molecule has 2 atom stereocenters. The van der Waals surface area contributed by atoms with Gasteiger partial charge in [-0.3, -0.25) is 0 Å². The standard InChI is InChI=1S/C9H17N3O6S/c10-19(16,17)4-3-11-9(15)12-5-6-1-2-7(18-6)8(13)14/h6-7H,1-5H2,(H,13,14)(H2,10,16,17)(H2,11,12,15). The quantitative estimate of drug-likeness (QED) is 0.454. The molecule has 19 heavy (non-hydrogen) atoms. The van der Waals surface area contributed by atoms with E-state index in [1.807, 2.05) is 0 Å². The van der Waals surface area contributed by atoms with E-state index in [1.54, 1.807) is 0 Å². The summed E-state index contributed by atoms with van der Waals surface area (Å²) < 4.78 is 26.4. The zero-order chi connectivity index (χ0) is 14.5. The highest BCUT2D eigenvalue weighted by molar-refractivity contribution is 7.89. The number of amides is 2. The molecule has 1 aliphatic rings. The number of rotatable bonds is 6. The van der Waals surface area contributed by atoms with E-state index in [0.717, 1.165) is 0 Å². The molecule has 1 aliphatic heterocycles. The average Bonchev–Trinajstić information content (AvgIpc) is 2.73. The van der Waals surface area contributed by atoms with E-state index >= 15 is 0 Å². The lowest BCUT2D eigenvalue weighted by Crippen LogP contribution is -2.42. The van der Waals surface area contributed by atoms with Gasteiger partial charge in [-0.2, -0.15) is 0 Å². The molecule has 5 N–H and O–H groups in total. The Kier molecular flexibility index (Phi) is 5.51. The monoisotopic (exact) mass is 295 g/mol. The zero-order valence-electron chi connectivity index (χ0n) is 10.2. The number of carboxylic acids is 1. The van der Waals surface area contributed by atoms with Gasteiger partial charge in [0.2, 0.25) is 10.0 Å². The second kappa shape index (κ2) is 6.68. The number of nitrogens with one attached hydrogen (secondary N) is 2. The van der Waals surface area contributed by atoms with Crippen LogP contribution in [-0.4, -0.2) is 56.6 Å². The molecule has 1 heterocycles. The van der Waals surface area contributed by atoms with Crippen molar-refractivity contribution in [2.45, 2.75) is 25.0 Å². The van der Waals surface area contributed by atoms with Gasteiger partial charge >= 0.3 is 12.0 Å². The van der Waals surface area contributed by atoms with Gasteiger partial charge < -0.3 is 20.5 Å². The summed E-state index contributed by atoms with van der Waals surface area (Å²) in [6.07, 6.45) is -0.203. The molecule has 0 aromatic heterocycles. The van der Waals surface area contributed by atoms with Gasteiger partial charge in [-0.05, 0) is 12.8 Å². The van der Waals surface area contributed by atoms with Gasteiger partial charge in [-0.15, -0.1) is 0 Å². The first-order valence-electron chi connectivity index (χ1n) is 5.68. The van der Waals surface area contributed by atoms with Gasteiger partial charge in [0, 0.05) is 13.1 Å². The molecule has 0 aromatic carbocycles. The van der Waals surface area contributed by atoms with Gasteiger partial charge in [-0.25, -0.2) is 23.1 Å². The third-order valence-corrected chi connectivity index (χ3v) is 3.32. The van der Waals surface area contributed by atoms with E-state index in [2.05, 4.69) is 10.6 Å². The molecular weight excluding hydrogens is 278 g/mol. The van der Waals surface area contributed by atoms with Crippen molar-refractivity contribution in [3.8, 4) is 0 Å². The third kappa shape index (κ3) is 6.36. The molecule has 110 valence electrons. The minimum atomic E-state index is -3.60. The summed E-state index contributed by atoms with van der Waals surface area (Å²) in [6.45, 7) is 0.0823. The van der Waals surface area contributed by atoms with Crippen molar-refractivity contribution in [1.29, 1.82) is 0 Å². The maximum Gasteiger partial charge on any atom is 0.332 e. The molecule has 2 unspecified atom stereocenters. The van der Waals surface area contributed by atoms with Gasteiger partial charge in [0.1, 0.15) is 0 Å². The Morgan fingerprint density at radius 1 is 1.32 bits per heavy atom. The predicted octanol–water partition coefficient (Wildman–Crippen LogP) is -1.79. The number of aliphatic carboxylic acids is 1. The summed E-state index contributed by atoms with van der Waals surface area (Å²) in [7, 11) is -3.60. The molecule has 1 fully saturated rings. The number of nitrogens with two attached hydrogens (primary N) is 1. The van der Waals surface area contributed by atoms with E-state index in [-0.39, 0.29) is 24.9 Å². The largest absolute Gasteiger partial charge is 0.479 e. The van der Waals surface area contributed by atoms with Crippen LogP contribution in [-0.2, 0) is 19.6 Å². The average molecular weight is 295 g/mol. The van der Waals surface area contributed by atoms with Crippen molar-refractivity contribution in [3.05, 3.63) is 0 Å². The summed E-state index contributed by atoms with van der Waals surface area (Å²) in [5.74, 6) is -1.36. The highest BCUT2D eigenvalue weighted by Crippen LogP contribution is 2.18. The smallest absolute Gasteiger partial charge is 0.332 e. The fraction of sp³-hybridized carbons (Fsp3) is 0.778. The SMILES string of the molecule is NS(=O)(=O)CCNC(=O)NCC1CCC(C(=O)O)O1. The number of carbonyl (C=O) groups excluding carboxylic acids is 1. The first-order chi connectivity index (χ1) is 8.78. The Bertz CT molecular complexity index is 437. The number of carbonyl (C=O) groups is 2. The van der Waals surface area contributed by atoms with Crippen LogP contribution in [0.5, 0.6) is 0 Å². The van der Waals surface area contributed by atoms with Crippen LogP contribution in [0.25, 0.3) is 0 Å². The van der Waals surface area contributed by atoms with Crippen LogP contribution in [0.2, 0.25) is 0 Å². The zero-order valence-corrected chi connectivity index (χ0v) is 11.0.